The molecule has 0 bridgehead atoms. The zero-order chi connectivity index (χ0) is 53.1. The predicted molar refractivity (Wildman–Crippen MR) is 334 cm³/mol. The standard InChI is InChI=1S/C33H21BrO.C26H17Br.C7H4BrClO.C4H8O/c34-26-12-8-11-25(21-26)33(35)24-19-17-23(18-20-24)32-29-15-6-4-13-27(29)31(22-9-2-1-3-10-22)28-14-5-7-16-30(28)32;27-20-16-14-19(15-17-20)26-23-12-6-4-10-21(23)25(18-8-2-1-3-9-18)22-11-5-7-13-24(22)26;8-6-3-1-2-5(4-6)7(9)10;1-2-4-5-3-1/h1-21H;1-17H;1-4H;1-4H2. The van der Waals surface area contributed by atoms with E-state index < -0.39 is 5.24 Å². The summed E-state index contributed by atoms with van der Waals surface area (Å²) in [5, 5.41) is 9.59. The van der Waals surface area contributed by atoms with Crippen molar-refractivity contribution in [3.05, 3.63) is 285 Å². The van der Waals surface area contributed by atoms with Crippen molar-refractivity contribution in [2.75, 3.05) is 13.2 Å². The summed E-state index contributed by atoms with van der Waals surface area (Å²) in [7, 11) is 0. The Hall–Kier alpha value is -7.29. The van der Waals surface area contributed by atoms with Gasteiger partial charge in [0, 0.05) is 43.3 Å². The molecule has 0 saturated carbocycles. The van der Waals surface area contributed by atoms with Crippen LogP contribution >= 0.6 is 59.4 Å². The number of carbonyl (C=O) groups excluding carboxylic acids is 2. The molecule has 0 atom stereocenters. The van der Waals surface area contributed by atoms with Crippen molar-refractivity contribution >= 4 is 114 Å². The van der Waals surface area contributed by atoms with E-state index in [0.717, 1.165) is 32.2 Å². The summed E-state index contributed by atoms with van der Waals surface area (Å²) >= 11 is 15.5. The van der Waals surface area contributed by atoms with Gasteiger partial charge in [0.1, 0.15) is 0 Å². The van der Waals surface area contributed by atoms with Crippen molar-refractivity contribution in [3.63, 3.8) is 0 Å². The fourth-order valence-electron chi connectivity index (χ4n) is 10.0. The predicted octanol–water partition coefficient (Wildman–Crippen LogP) is 21.0. The van der Waals surface area contributed by atoms with E-state index in [1.807, 2.05) is 42.5 Å². The summed E-state index contributed by atoms with van der Waals surface area (Å²) in [6, 6.07) is 87.1. The zero-order valence-electron chi connectivity index (χ0n) is 41.8. The number of halogens is 4. The molecule has 0 N–H and O–H groups in total. The molecule has 3 nitrogen and oxygen atoms in total. The van der Waals surface area contributed by atoms with Crippen molar-refractivity contribution in [1.29, 1.82) is 0 Å². The number of hydrogen-bond acceptors (Lipinski definition) is 3. The molecule has 0 radical (unpaired) electrons. The minimum atomic E-state index is -0.429. The maximum atomic E-state index is 13.1. The van der Waals surface area contributed by atoms with Gasteiger partial charge in [-0.1, -0.05) is 266 Å². The van der Waals surface area contributed by atoms with E-state index in [1.54, 1.807) is 18.2 Å². The lowest BCUT2D eigenvalue weighted by Gasteiger charge is -2.17. The molecule has 1 aliphatic heterocycles. The molecule has 12 aromatic rings. The van der Waals surface area contributed by atoms with Gasteiger partial charge < -0.3 is 4.74 Å². The van der Waals surface area contributed by atoms with E-state index in [0.29, 0.717) is 16.7 Å². The van der Waals surface area contributed by atoms with Crippen LogP contribution in [0.25, 0.3) is 87.6 Å². The van der Waals surface area contributed by atoms with Gasteiger partial charge in [0.05, 0.1) is 0 Å². The molecule has 0 unspecified atom stereocenters. The zero-order valence-corrected chi connectivity index (χ0v) is 47.3. The lowest BCUT2D eigenvalue weighted by molar-refractivity contribution is 0.103. The molecule has 7 heteroatoms. The molecule has 12 aromatic carbocycles. The molecule has 0 aliphatic carbocycles. The fraction of sp³-hybridized carbons (Fsp3) is 0.0571. The van der Waals surface area contributed by atoms with Crippen molar-refractivity contribution in [3.8, 4) is 44.5 Å². The van der Waals surface area contributed by atoms with Crippen LogP contribution in [0, 0.1) is 0 Å². The smallest absolute Gasteiger partial charge is 0.252 e. The Morgan fingerprint density at radius 1 is 0.312 bits per heavy atom. The normalized spacial score (nSPS) is 11.7. The van der Waals surface area contributed by atoms with E-state index in [2.05, 4.69) is 242 Å². The highest BCUT2D eigenvalue weighted by molar-refractivity contribution is 9.11. The number of fused-ring (bicyclic) bond motifs is 4. The number of carbonyl (C=O) groups is 2. The lowest BCUT2D eigenvalue weighted by Crippen LogP contribution is -2.01. The highest BCUT2D eigenvalue weighted by Gasteiger charge is 2.19. The van der Waals surface area contributed by atoms with E-state index in [4.69, 9.17) is 16.3 Å². The van der Waals surface area contributed by atoms with Gasteiger partial charge in [-0.3, -0.25) is 9.59 Å². The average molecular weight is 1210 g/mol. The van der Waals surface area contributed by atoms with E-state index in [1.165, 1.54) is 94.9 Å². The van der Waals surface area contributed by atoms with Gasteiger partial charge in [-0.25, -0.2) is 0 Å². The van der Waals surface area contributed by atoms with Gasteiger partial charge in [-0.05, 0) is 148 Å². The third-order valence-electron chi connectivity index (χ3n) is 13.5. The topological polar surface area (TPSA) is 43.4 Å². The van der Waals surface area contributed by atoms with Crippen LogP contribution in [-0.4, -0.2) is 24.2 Å². The van der Waals surface area contributed by atoms with Crippen molar-refractivity contribution in [1.82, 2.24) is 0 Å². The molecule has 77 heavy (non-hydrogen) atoms. The Kier molecular flexibility index (Phi) is 17.4. The molecule has 1 heterocycles. The van der Waals surface area contributed by atoms with Crippen molar-refractivity contribution in [2.24, 2.45) is 0 Å². The molecule has 1 aliphatic rings. The van der Waals surface area contributed by atoms with Gasteiger partial charge in [-0.15, -0.1) is 0 Å². The summed E-state index contributed by atoms with van der Waals surface area (Å²) < 4.78 is 7.80. The molecule has 1 saturated heterocycles. The average Bonchev–Trinajstić information content (AvgIpc) is 4.08. The maximum Gasteiger partial charge on any atom is 0.252 e. The number of rotatable bonds is 7. The van der Waals surface area contributed by atoms with E-state index in [-0.39, 0.29) is 5.78 Å². The molecule has 0 aromatic heterocycles. The monoisotopic (exact) mass is 1210 g/mol. The summed E-state index contributed by atoms with van der Waals surface area (Å²) in [6.07, 6.45) is 2.56. The highest BCUT2D eigenvalue weighted by atomic mass is 79.9. The molecule has 13 rings (SSSR count). The van der Waals surface area contributed by atoms with E-state index >= 15 is 0 Å². The third-order valence-corrected chi connectivity index (χ3v) is 15.3. The van der Waals surface area contributed by atoms with Gasteiger partial charge >= 0.3 is 0 Å². The van der Waals surface area contributed by atoms with E-state index in [9.17, 15) is 9.59 Å². The van der Waals surface area contributed by atoms with Gasteiger partial charge in [0.25, 0.3) is 5.24 Å². The molecular weight excluding hydrogens is 1160 g/mol. The van der Waals surface area contributed by atoms with Crippen molar-refractivity contribution < 1.29 is 14.3 Å². The minimum Gasteiger partial charge on any atom is -0.381 e. The van der Waals surface area contributed by atoms with Crippen LogP contribution in [-0.2, 0) is 4.74 Å². The first-order valence-electron chi connectivity index (χ1n) is 25.4. The van der Waals surface area contributed by atoms with Gasteiger partial charge in [0.2, 0.25) is 0 Å². The summed E-state index contributed by atoms with van der Waals surface area (Å²) in [5.74, 6) is 0.0204. The number of hydrogen-bond donors (Lipinski definition) is 0. The minimum absolute atomic E-state index is 0.0204. The molecular formula is C70H50Br3ClO3. The van der Waals surface area contributed by atoms with Crippen LogP contribution in [0.2, 0.25) is 0 Å². The first kappa shape index (κ1) is 53.1. The van der Waals surface area contributed by atoms with Crippen molar-refractivity contribution in [2.45, 2.75) is 12.8 Å². The van der Waals surface area contributed by atoms with Gasteiger partial charge in [-0.2, -0.15) is 0 Å². The Balaban J connectivity index is 0.000000140. The maximum absolute atomic E-state index is 13.1. The Morgan fingerprint density at radius 2 is 0.623 bits per heavy atom. The second-order valence-corrected chi connectivity index (χ2v) is 21.5. The van der Waals surface area contributed by atoms with Crippen LogP contribution in [0.4, 0.5) is 0 Å². The molecule has 0 spiro atoms. The Bertz CT molecular complexity index is 3910. The fourth-order valence-corrected chi connectivity index (χ4v) is 11.2. The Labute approximate surface area is 479 Å². The molecule has 376 valence electrons. The van der Waals surface area contributed by atoms with Crippen LogP contribution in [0.5, 0.6) is 0 Å². The Morgan fingerprint density at radius 3 is 0.935 bits per heavy atom. The highest BCUT2D eigenvalue weighted by Crippen LogP contribution is 2.45. The number of ketones is 1. The third kappa shape index (κ3) is 12.3. The van der Waals surface area contributed by atoms with Gasteiger partial charge in [0.15, 0.2) is 5.78 Å². The largest absolute Gasteiger partial charge is 0.381 e. The first-order valence-corrected chi connectivity index (χ1v) is 28.2. The SMILES string of the molecule is Brc1ccc(-c2c3ccccc3c(-c3ccccc3)c3ccccc23)cc1.C1CCOC1.O=C(Cl)c1cccc(Br)c1.O=C(c1ccc(-c2c3ccccc3c(-c3ccccc3)c3ccccc23)cc1)c1cccc(Br)c1. The number of benzene rings is 12. The summed E-state index contributed by atoms with van der Waals surface area (Å²) in [6.45, 7) is 2.00. The number of ether oxygens (including phenoxy) is 1. The quantitative estimate of drug-likeness (QED) is 0.0907. The second kappa shape index (κ2) is 25.2. The van der Waals surface area contributed by atoms with Crippen LogP contribution in [0.15, 0.2) is 268 Å². The summed E-state index contributed by atoms with van der Waals surface area (Å²) in [5.41, 5.74) is 11.7. The lowest BCUT2D eigenvalue weighted by atomic mass is 9.86. The van der Waals surface area contributed by atoms with Crippen LogP contribution in [0.3, 0.4) is 0 Å². The van der Waals surface area contributed by atoms with Crippen LogP contribution in [0.1, 0.15) is 39.1 Å². The summed E-state index contributed by atoms with van der Waals surface area (Å²) in [4.78, 5) is 23.6. The van der Waals surface area contributed by atoms with Crippen LogP contribution < -0.4 is 0 Å². The first-order chi connectivity index (χ1) is 37.7. The molecule has 1 fully saturated rings. The molecule has 0 amide bonds. The second-order valence-electron chi connectivity index (χ2n) is 18.4.